The predicted octanol–water partition coefficient (Wildman–Crippen LogP) is 3.19. The summed E-state index contributed by atoms with van der Waals surface area (Å²) in [4.78, 5) is 8.79. The maximum absolute atomic E-state index is 4.86. The largest absolute Gasteiger partial charge is 0.345 e. The van der Waals surface area contributed by atoms with Gasteiger partial charge in [0, 0.05) is 24.0 Å². The average molecular weight is 267 g/mol. The van der Waals surface area contributed by atoms with Crippen LogP contribution in [0.4, 0.5) is 5.13 Å². The molecule has 18 heavy (non-hydrogen) atoms. The number of nitrogens with one attached hydrogen (secondary N) is 1. The Kier molecular flexibility index (Phi) is 5.01. The third-order valence-corrected chi connectivity index (χ3v) is 4.82. The fourth-order valence-corrected chi connectivity index (χ4v) is 3.77. The van der Waals surface area contributed by atoms with Crippen molar-refractivity contribution in [3.05, 3.63) is 10.6 Å². The number of nitrogens with zero attached hydrogens (tertiary/aromatic N) is 2. The molecule has 0 amide bonds. The second-order valence-electron chi connectivity index (χ2n) is 5.04. The van der Waals surface area contributed by atoms with Gasteiger partial charge in [0.05, 0.1) is 5.69 Å². The van der Waals surface area contributed by atoms with Crippen LogP contribution < -0.4 is 10.2 Å². The van der Waals surface area contributed by atoms with Crippen LogP contribution in [-0.4, -0.2) is 24.1 Å². The van der Waals surface area contributed by atoms with Gasteiger partial charge in [-0.3, -0.25) is 0 Å². The lowest BCUT2D eigenvalue weighted by atomic mass is 10.1. The number of aryl methyl sites for hydroxylation is 1. The van der Waals surface area contributed by atoms with Gasteiger partial charge >= 0.3 is 0 Å². The molecule has 4 heteroatoms. The molecular weight excluding hydrogens is 242 g/mol. The number of rotatable bonds is 5. The van der Waals surface area contributed by atoms with Gasteiger partial charge in [0.15, 0.2) is 5.13 Å². The molecule has 1 unspecified atom stereocenters. The summed E-state index contributed by atoms with van der Waals surface area (Å²) in [5.74, 6) is 0. The smallest absolute Gasteiger partial charge is 0.186 e. The summed E-state index contributed by atoms with van der Waals surface area (Å²) in [7, 11) is 0. The highest BCUT2D eigenvalue weighted by atomic mass is 32.1. The van der Waals surface area contributed by atoms with Gasteiger partial charge in [-0.2, -0.15) is 0 Å². The molecule has 2 heterocycles. The van der Waals surface area contributed by atoms with Gasteiger partial charge in [-0.05, 0) is 39.2 Å². The highest BCUT2D eigenvalue weighted by Crippen LogP contribution is 2.31. The Bertz CT molecular complexity index is 375. The highest BCUT2D eigenvalue weighted by molar-refractivity contribution is 7.15. The van der Waals surface area contributed by atoms with Gasteiger partial charge in [0.2, 0.25) is 0 Å². The first-order valence-corrected chi connectivity index (χ1v) is 8.03. The quantitative estimate of drug-likeness (QED) is 0.888. The molecule has 0 saturated carbocycles. The summed E-state index contributed by atoms with van der Waals surface area (Å²) < 4.78 is 0. The summed E-state index contributed by atoms with van der Waals surface area (Å²) in [6, 6.07) is 0.654. The first-order valence-electron chi connectivity index (χ1n) is 7.22. The Morgan fingerprint density at radius 2 is 2.22 bits per heavy atom. The number of anilines is 1. The molecule has 1 aromatic rings. The van der Waals surface area contributed by atoms with Crippen molar-refractivity contribution in [3.63, 3.8) is 0 Å². The van der Waals surface area contributed by atoms with E-state index in [1.165, 1.54) is 41.5 Å². The first kappa shape index (κ1) is 13.8. The molecule has 1 saturated heterocycles. The minimum Gasteiger partial charge on any atom is -0.345 e. The number of hydrogen-bond donors (Lipinski definition) is 1. The average Bonchev–Trinajstić information content (AvgIpc) is 2.80. The standard InChI is InChI=1S/C14H25N3S/c1-4-12-13(10-15-5-2)18-14(16-12)17-9-7-6-8-11(17)3/h11,15H,4-10H2,1-3H3. The summed E-state index contributed by atoms with van der Waals surface area (Å²) in [5, 5.41) is 4.66. The molecule has 1 aliphatic rings. The summed E-state index contributed by atoms with van der Waals surface area (Å²) in [5.41, 5.74) is 1.29. The molecule has 3 nitrogen and oxygen atoms in total. The Balaban J connectivity index is 2.14. The third-order valence-electron chi connectivity index (χ3n) is 3.69. The van der Waals surface area contributed by atoms with Crippen molar-refractivity contribution < 1.29 is 0 Å². The number of piperidine rings is 1. The van der Waals surface area contributed by atoms with Crippen LogP contribution in [0, 0.1) is 0 Å². The minimum atomic E-state index is 0.654. The van der Waals surface area contributed by atoms with Crippen LogP contribution in [0.5, 0.6) is 0 Å². The molecule has 1 aromatic heterocycles. The topological polar surface area (TPSA) is 28.2 Å². The number of thiazole rings is 1. The number of aromatic nitrogens is 1. The van der Waals surface area contributed by atoms with E-state index in [0.29, 0.717) is 6.04 Å². The lowest BCUT2D eigenvalue weighted by Crippen LogP contribution is -2.37. The minimum absolute atomic E-state index is 0.654. The van der Waals surface area contributed by atoms with E-state index in [4.69, 9.17) is 4.98 Å². The summed E-state index contributed by atoms with van der Waals surface area (Å²) in [6.45, 7) is 9.86. The van der Waals surface area contributed by atoms with Crippen molar-refractivity contribution in [2.45, 2.75) is 59.0 Å². The molecule has 0 aromatic carbocycles. The van der Waals surface area contributed by atoms with Crippen LogP contribution in [0.2, 0.25) is 0 Å². The second kappa shape index (κ2) is 6.53. The second-order valence-corrected chi connectivity index (χ2v) is 6.10. The third kappa shape index (κ3) is 3.04. The molecular formula is C14H25N3S. The van der Waals surface area contributed by atoms with Crippen LogP contribution in [0.15, 0.2) is 0 Å². The van der Waals surface area contributed by atoms with Gasteiger partial charge in [0.25, 0.3) is 0 Å². The van der Waals surface area contributed by atoms with Crippen molar-refractivity contribution in [2.24, 2.45) is 0 Å². The van der Waals surface area contributed by atoms with Crippen LogP contribution >= 0.6 is 11.3 Å². The molecule has 1 atom stereocenters. The first-order chi connectivity index (χ1) is 8.76. The Morgan fingerprint density at radius 1 is 1.39 bits per heavy atom. The predicted molar refractivity (Wildman–Crippen MR) is 79.5 cm³/mol. The van der Waals surface area contributed by atoms with Crippen molar-refractivity contribution in [2.75, 3.05) is 18.0 Å². The molecule has 102 valence electrons. The normalized spacial score (nSPS) is 20.4. The molecule has 0 radical (unpaired) electrons. The Morgan fingerprint density at radius 3 is 2.89 bits per heavy atom. The fraction of sp³-hybridized carbons (Fsp3) is 0.786. The maximum Gasteiger partial charge on any atom is 0.186 e. The van der Waals surface area contributed by atoms with Crippen molar-refractivity contribution in [1.29, 1.82) is 0 Å². The van der Waals surface area contributed by atoms with E-state index >= 15 is 0 Å². The van der Waals surface area contributed by atoms with E-state index in [2.05, 4.69) is 31.0 Å². The van der Waals surface area contributed by atoms with Crippen LogP contribution in [-0.2, 0) is 13.0 Å². The molecule has 1 fully saturated rings. The molecule has 1 aliphatic heterocycles. The van der Waals surface area contributed by atoms with Crippen molar-refractivity contribution >= 4 is 16.5 Å². The molecule has 2 rings (SSSR count). The number of hydrogen-bond acceptors (Lipinski definition) is 4. The van der Waals surface area contributed by atoms with Crippen molar-refractivity contribution in [1.82, 2.24) is 10.3 Å². The SMILES string of the molecule is CCNCc1sc(N2CCCCC2C)nc1CC. The zero-order valence-electron chi connectivity index (χ0n) is 11.8. The summed E-state index contributed by atoms with van der Waals surface area (Å²) in [6.07, 6.45) is 5.03. The lowest BCUT2D eigenvalue weighted by molar-refractivity contribution is 0.484. The highest BCUT2D eigenvalue weighted by Gasteiger charge is 2.22. The van der Waals surface area contributed by atoms with Crippen LogP contribution in [0.1, 0.15) is 50.6 Å². The maximum atomic E-state index is 4.86. The van der Waals surface area contributed by atoms with Crippen LogP contribution in [0.3, 0.4) is 0 Å². The Hall–Kier alpha value is -0.610. The monoisotopic (exact) mass is 267 g/mol. The van der Waals surface area contributed by atoms with Gasteiger partial charge in [-0.15, -0.1) is 11.3 Å². The van der Waals surface area contributed by atoms with Gasteiger partial charge in [0.1, 0.15) is 0 Å². The summed E-state index contributed by atoms with van der Waals surface area (Å²) >= 11 is 1.89. The fourth-order valence-electron chi connectivity index (χ4n) is 2.53. The van der Waals surface area contributed by atoms with E-state index in [9.17, 15) is 0 Å². The van der Waals surface area contributed by atoms with Gasteiger partial charge in [-0.25, -0.2) is 4.98 Å². The van der Waals surface area contributed by atoms with E-state index in [-0.39, 0.29) is 0 Å². The van der Waals surface area contributed by atoms with E-state index < -0.39 is 0 Å². The molecule has 0 spiro atoms. The van der Waals surface area contributed by atoms with Crippen LogP contribution in [0.25, 0.3) is 0 Å². The molecule has 0 aliphatic carbocycles. The zero-order valence-corrected chi connectivity index (χ0v) is 12.6. The van der Waals surface area contributed by atoms with Gasteiger partial charge < -0.3 is 10.2 Å². The van der Waals surface area contributed by atoms with E-state index in [1.807, 2.05) is 11.3 Å². The van der Waals surface area contributed by atoms with E-state index in [1.54, 1.807) is 0 Å². The lowest BCUT2D eigenvalue weighted by Gasteiger charge is -2.33. The van der Waals surface area contributed by atoms with Gasteiger partial charge in [-0.1, -0.05) is 13.8 Å². The zero-order chi connectivity index (χ0) is 13.0. The van der Waals surface area contributed by atoms with E-state index in [0.717, 1.165) is 19.5 Å². The molecule has 0 bridgehead atoms. The molecule has 1 N–H and O–H groups in total. The Labute approximate surface area is 115 Å². The van der Waals surface area contributed by atoms with Crippen molar-refractivity contribution in [3.8, 4) is 0 Å².